The molecule has 0 fully saturated rings. The molecule has 0 bridgehead atoms. The molecule has 0 unspecified atom stereocenters. The van der Waals surface area contributed by atoms with Gasteiger partial charge < -0.3 is 20.1 Å². The molecule has 0 heterocycles. The van der Waals surface area contributed by atoms with E-state index in [9.17, 15) is 4.79 Å². The summed E-state index contributed by atoms with van der Waals surface area (Å²) in [6.07, 6.45) is 1.22. The van der Waals surface area contributed by atoms with Gasteiger partial charge >= 0.3 is 0 Å². The summed E-state index contributed by atoms with van der Waals surface area (Å²) in [6, 6.07) is 15.9. The smallest absolute Gasteiger partial charge is 0.221 e. The molecule has 2 rings (SSSR count). The van der Waals surface area contributed by atoms with E-state index in [4.69, 9.17) is 9.47 Å². The molecule has 5 heteroatoms. The number of rotatable bonds is 10. The fraction of sp³-hybridized carbons (Fsp3) is 0.350. The van der Waals surface area contributed by atoms with Crippen molar-refractivity contribution in [2.45, 2.75) is 19.4 Å². The van der Waals surface area contributed by atoms with Crippen LogP contribution in [0.1, 0.15) is 17.5 Å². The van der Waals surface area contributed by atoms with Crippen LogP contribution in [0.25, 0.3) is 0 Å². The Morgan fingerprint density at radius 1 is 0.920 bits per heavy atom. The van der Waals surface area contributed by atoms with Crippen molar-refractivity contribution in [3.05, 3.63) is 59.7 Å². The largest absolute Gasteiger partial charge is 0.493 e. The van der Waals surface area contributed by atoms with Gasteiger partial charge in [-0.3, -0.25) is 4.79 Å². The second kappa shape index (κ2) is 10.4. The molecule has 5 nitrogen and oxygen atoms in total. The van der Waals surface area contributed by atoms with Gasteiger partial charge in [-0.25, -0.2) is 0 Å². The molecule has 0 radical (unpaired) electrons. The summed E-state index contributed by atoms with van der Waals surface area (Å²) in [5.41, 5.74) is 2.32. The molecule has 2 aromatic carbocycles. The molecule has 1 amide bonds. The lowest BCUT2D eigenvalue weighted by atomic mass is 10.1. The van der Waals surface area contributed by atoms with Crippen molar-refractivity contribution in [3.8, 4) is 11.5 Å². The van der Waals surface area contributed by atoms with E-state index >= 15 is 0 Å². The highest BCUT2D eigenvalue weighted by Gasteiger charge is 2.05. The summed E-state index contributed by atoms with van der Waals surface area (Å²) in [6.45, 7) is 2.05. The van der Waals surface area contributed by atoms with E-state index in [1.807, 2.05) is 36.4 Å². The van der Waals surface area contributed by atoms with Gasteiger partial charge in [-0.15, -0.1) is 0 Å². The van der Waals surface area contributed by atoms with Gasteiger partial charge in [-0.2, -0.15) is 0 Å². The van der Waals surface area contributed by atoms with Gasteiger partial charge in [0.1, 0.15) is 0 Å². The van der Waals surface area contributed by atoms with Crippen molar-refractivity contribution in [2.75, 3.05) is 27.3 Å². The number of carbonyl (C=O) groups excluding carboxylic acids is 1. The molecular formula is C20H26N2O3. The van der Waals surface area contributed by atoms with Crippen LogP contribution < -0.4 is 20.1 Å². The Labute approximate surface area is 149 Å². The third-order valence-electron chi connectivity index (χ3n) is 3.88. The predicted molar refractivity (Wildman–Crippen MR) is 99.0 cm³/mol. The molecule has 2 N–H and O–H groups in total. The molecule has 2 aromatic rings. The zero-order valence-corrected chi connectivity index (χ0v) is 14.9. The Hall–Kier alpha value is -2.53. The summed E-state index contributed by atoms with van der Waals surface area (Å²) >= 11 is 0. The minimum absolute atomic E-state index is 0.0565. The van der Waals surface area contributed by atoms with E-state index in [0.717, 1.165) is 18.5 Å². The average molecular weight is 342 g/mol. The van der Waals surface area contributed by atoms with Crippen molar-refractivity contribution in [2.24, 2.45) is 0 Å². The molecule has 134 valence electrons. The third-order valence-corrected chi connectivity index (χ3v) is 3.88. The van der Waals surface area contributed by atoms with E-state index in [2.05, 4.69) is 22.8 Å². The minimum atomic E-state index is 0.0565. The number of methoxy groups -OCH3 is 2. The molecule has 0 saturated carbocycles. The first kappa shape index (κ1) is 18.8. The molecule has 0 spiro atoms. The molecule has 0 aromatic heterocycles. The Bertz CT molecular complexity index is 659. The quantitative estimate of drug-likeness (QED) is 0.652. The standard InChI is InChI=1S/C20H26N2O3/c1-24-18-9-8-16(14-19(18)25-2)10-13-22-20(23)11-12-21-15-17-6-4-3-5-7-17/h3-9,14,21H,10-13,15H2,1-2H3,(H,22,23). The number of hydrogen-bond acceptors (Lipinski definition) is 4. The number of nitrogens with one attached hydrogen (secondary N) is 2. The summed E-state index contributed by atoms with van der Waals surface area (Å²) in [5.74, 6) is 1.47. The zero-order valence-electron chi connectivity index (χ0n) is 14.9. The van der Waals surface area contributed by atoms with Crippen LogP contribution in [0.15, 0.2) is 48.5 Å². The van der Waals surface area contributed by atoms with Gasteiger partial charge in [0.2, 0.25) is 5.91 Å². The molecule has 0 aliphatic rings. The molecule has 0 atom stereocenters. The number of ether oxygens (including phenoxy) is 2. The van der Waals surface area contributed by atoms with Gasteiger partial charge in [0, 0.05) is 26.1 Å². The summed E-state index contributed by atoms with van der Waals surface area (Å²) in [4.78, 5) is 11.9. The van der Waals surface area contributed by atoms with Crippen LogP contribution in [0.3, 0.4) is 0 Å². The van der Waals surface area contributed by atoms with Crippen LogP contribution in [0, 0.1) is 0 Å². The van der Waals surface area contributed by atoms with Crippen LogP contribution in [0.4, 0.5) is 0 Å². The van der Waals surface area contributed by atoms with Crippen LogP contribution in [-0.4, -0.2) is 33.2 Å². The maximum atomic E-state index is 11.9. The molecule has 0 saturated heterocycles. The second-order valence-corrected chi connectivity index (χ2v) is 5.70. The Kier molecular flexibility index (Phi) is 7.79. The van der Waals surface area contributed by atoms with Crippen molar-refractivity contribution >= 4 is 5.91 Å². The van der Waals surface area contributed by atoms with Crippen LogP contribution >= 0.6 is 0 Å². The number of carbonyl (C=O) groups is 1. The van der Waals surface area contributed by atoms with Gasteiger partial charge in [0.15, 0.2) is 11.5 Å². The van der Waals surface area contributed by atoms with E-state index in [0.29, 0.717) is 31.0 Å². The molecule has 25 heavy (non-hydrogen) atoms. The first-order valence-electron chi connectivity index (χ1n) is 8.45. The first-order valence-corrected chi connectivity index (χ1v) is 8.45. The van der Waals surface area contributed by atoms with E-state index in [-0.39, 0.29) is 5.91 Å². The van der Waals surface area contributed by atoms with E-state index < -0.39 is 0 Å². The molecular weight excluding hydrogens is 316 g/mol. The van der Waals surface area contributed by atoms with Gasteiger partial charge in [-0.05, 0) is 29.7 Å². The lowest BCUT2D eigenvalue weighted by molar-refractivity contribution is -0.120. The van der Waals surface area contributed by atoms with E-state index in [1.54, 1.807) is 14.2 Å². The molecule has 0 aliphatic heterocycles. The number of hydrogen-bond donors (Lipinski definition) is 2. The zero-order chi connectivity index (χ0) is 17.9. The highest BCUT2D eigenvalue weighted by Crippen LogP contribution is 2.27. The van der Waals surface area contributed by atoms with Crippen LogP contribution in [0.2, 0.25) is 0 Å². The summed E-state index contributed by atoms with van der Waals surface area (Å²) < 4.78 is 10.5. The fourth-order valence-corrected chi connectivity index (χ4v) is 2.50. The van der Waals surface area contributed by atoms with Gasteiger partial charge in [0.25, 0.3) is 0 Å². The van der Waals surface area contributed by atoms with Crippen molar-refractivity contribution in [1.82, 2.24) is 10.6 Å². The van der Waals surface area contributed by atoms with Crippen LogP contribution in [0.5, 0.6) is 11.5 Å². The predicted octanol–water partition coefficient (Wildman–Crippen LogP) is 2.54. The normalized spacial score (nSPS) is 10.3. The Morgan fingerprint density at radius 2 is 1.68 bits per heavy atom. The van der Waals surface area contributed by atoms with Gasteiger partial charge in [-0.1, -0.05) is 36.4 Å². The first-order chi connectivity index (χ1) is 12.2. The third kappa shape index (κ3) is 6.47. The van der Waals surface area contributed by atoms with Crippen molar-refractivity contribution < 1.29 is 14.3 Å². The highest BCUT2D eigenvalue weighted by atomic mass is 16.5. The van der Waals surface area contributed by atoms with Gasteiger partial charge in [0.05, 0.1) is 14.2 Å². The van der Waals surface area contributed by atoms with E-state index in [1.165, 1.54) is 5.56 Å². The number of amides is 1. The van der Waals surface area contributed by atoms with Crippen molar-refractivity contribution in [1.29, 1.82) is 0 Å². The SMILES string of the molecule is COc1ccc(CCNC(=O)CCNCc2ccccc2)cc1OC. The summed E-state index contributed by atoms with van der Waals surface area (Å²) in [7, 11) is 3.23. The Morgan fingerprint density at radius 3 is 2.40 bits per heavy atom. The topological polar surface area (TPSA) is 59.6 Å². The number of benzene rings is 2. The minimum Gasteiger partial charge on any atom is -0.493 e. The fourth-order valence-electron chi connectivity index (χ4n) is 2.50. The molecule has 0 aliphatic carbocycles. The monoisotopic (exact) mass is 342 g/mol. The summed E-state index contributed by atoms with van der Waals surface area (Å²) in [5, 5.41) is 6.22. The maximum Gasteiger partial charge on any atom is 0.221 e. The lowest BCUT2D eigenvalue weighted by Crippen LogP contribution is -2.29. The average Bonchev–Trinajstić information content (AvgIpc) is 2.66. The second-order valence-electron chi connectivity index (χ2n) is 5.70. The van der Waals surface area contributed by atoms with Crippen molar-refractivity contribution in [3.63, 3.8) is 0 Å². The maximum absolute atomic E-state index is 11.9. The van der Waals surface area contributed by atoms with Crippen LogP contribution in [-0.2, 0) is 17.8 Å². The lowest BCUT2D eigenvalue weighted by Gasteiger charge is -2.10. The highest BCUT2D eigenvalue weighted by molar-refractivity contribution is 5.76. The Balaban J connectivity index is 1.63.